The SMILES string of the molecule is CC(OP(=O)(N1CC1)N1CC1)c1ccc([N+](=O)[O-])c(N2CCCC2)c1. The van der Waals surface area contributed by atoms with Crippen LogP contribution in [0.15, 0.2) is 18.2 Å². The number of nitro benzene ring substituents is 1. The minimum Gasteiger partial charge on any atom is -0.366 e. The van der Waals surface area contributed by atoms with Crippen LogP contribution in [0, 0.1) is 10.1 Å². The van der Waals surface area contributed by atoms with E-state index in [-0.39, 0.29) is 16.7 Å². The van der Waals surface area contributed by atoms with Gasteiger partial charge in [-0.2, -0.15) is 0 Å². The average molecular weight is 366 g/mol. The van der Waals surface area contributed by atoms with Crippen LogP contribution in [0.25, 0.3) is 0 Å². The van der Waals surface area contributed by atoms with Crippen LogP contribution in [-0.2, 0) is 9.09 Å². The summed E-state index contributed by atoms with van der Waals surface area (Å²) in [5.41, 5.74) is 1.60. The van der Waals surface area contributed by atoms with Crippen LogP contribution in [0.3, 0.4) is 0 Å². The third-order valence-electron chi connectivity index (χ3n) is 4.97. The standard InChI is InChI=1S/C16H23N4O4P/c1-13(24-25(23,18-8-9-18)19-10-11-19)14-4-5-15(20(21)22)16(12-14)17-6-2-3-7-17/h4-5,12-13H,2-3,6-11H2,1H3. The first-order valence-corrected chi connectivity index (χ1v) is 10.3. The lowest BCUT2D eigenvalue weighted by Gasteiger charge is -2.25. The molecule has 0 saturated carbocycles. The van der Waals surface area contributed by atoms with Crippen molar-refractivity contribution in [1.29, 1.82) is 0 Å². The number of hydrogen-bond acceptors (Lipinski definition) is 5. The Morgan fingerprint density at radius 2 is 1.72 bits per heavy atom. The smallest absolute Gasteiger partial charge is 0.346 e. The largest absolute Gasteiger partial charge is 0.366 e. The molecule has 3 fully saturated rings. The number of hydrogen-bond donors (Lipinski definition) is 0. The third kappa shape index (κ3) is 3.31. The molecule has 0 aliphatic carbocycles. The van der Waals surface area contributed by atoms with E-state index in [1.165, 1.54) is 0 Å². The highest BCUT2D eigenvalue weighted by Gasteiger charge is 2.50. The van der Waals surface area contributed by atoms with E-state index < -0.39 is 7.67 Å². The topological polar surface area (TPSA) is 78.7 Å². The molecule has 8 nitrogen and oxygen atoms in total. The number of benzene rings is 1. The van der Waals surface area contributed by atoms with Gasteiger partial charge in [-0.3, -0.25) is 19.2 Å². The Morgan fingerprint density at radius 1 is 1.12 bits per heavy atom. The Bertz CT molecular complexity index is 713. The Labute approximate surface area is 147 Å². The van der Waals surface area contributed by atoms with Crippen molar-refractivity contribution in [2.45, 2.75) is 25.9 Å². The molecule has 1 aromatic carbocycles. The van der Waals surface area contributed by atoms with Crippen molar-refractivity contribution >= 4 is 19.0 Å². The highest BCUT2D eigenvalue weighted by Crippen LogP contribution is 2.63. The maximum Gasteiger partial charge on any atom is 0.346 e. The maximum absolute atomic E-state index is 13.1. The van der Waals surface area contributed by atoms with E-state index in [4.69, 9.17) is 4.52 Å². The van der Waals surface area contributed by atoms with Crippen molar-refractivity contribution in [2.75, 3.05) is 44.2 Å². The summed E-state index contributed by atoms with van der Waals surface area (Å²) in [6.07, 6.45) is 1.72. The normalized spacial score (nSPS) is 22.2. The van der Waals surface area contributed by atoms with E-state index in [9.17, 15) is 14.7 Å². The van der Waals surface area contributed by atoms with Crippen LogP contribution in [0.2, 0.25) is 0 Å². The van der Waals surface area contributed by atoms with Crippen molar-refractivity contribution in [2.24, 2.45) is 0 Å². The summed E-state index contributed by atoms with van der Waals surface area (Å²) >= 11 is 0. The van der Waals surface area contributed by atoms with Gasteiger partial charge in [0.05, 0.1) is 11.0 Å². The Kier molecular flexibility index (Phi) is 4.32. The molecule has 0 N–H and O–H groups in total. The molecule has 9 heteroatoms. The molecule has 3 aliphatic rings. The molecule has 136 valence electrons. The summed E-state index contributed by atoms with van der Waals surface area (Å²) in [4.78, 5) is 13.1. The summed E-state index contributed by atoms with van der Waals surface area (Å²) < 4.78 is 22.9. The van der Waals surface area contributed by atoms with Gasteiger partial charge in [0.25, 0.3) is 5.69 Å². The van der Waals surface area contributed by atoms with Gasteiger partial charge in [0.2, 0.25) is 0 Å². The summed E-state index contributed by atoms with van der Waals surface area (Å²) in [7, 11) is -2.91. The Hall–Kier alpha value is -1.47. The molecule has 0 bridgehead atoms. The van der Waals surface area contributed by atoms with Gasteiger partial charge < -0.3 is 4.90 Å². The van der Waals surface area contributed by atoms with Crippen LogP contribution in [-0.4, -0.2) is 53.5 Å². The van der Waals surface area contributed by atoms with Gasteiger partial charge in [-0.25, -0.2) is 9.34 Å². The van der Waals surface area contributed by atoms with Crippen molar-refractivity contribution in [1.82, 2.24) is 9.34 Å². The molecule has 1 unspecified atom stereocenters. The van der Waals surface area contributed by atoms with Crippen LogP contribution in [0.5, 0.6) is 0 Å². The molecule has 25 heavy (non-hydrogen) atoms. The first-order chi connectivity index (χ1) is 12.0. The monoisotopic (exact) mass is 366 g/mol. The van der Waals surface area contributed by atoms with Gasteiger partial charge in [-0.1, -0.05) is 0 Å². The number of nitrogens with zero attached hydrogens (tertiary/aromatic N) is 4. The third-order valence-corrected chi connectivity index (χ3v) is 7.79. The first kappa shape index (κ1) is 17.0. The van der Waals surface area contributed by atoms with Gasteiger partial charge in [0, 0.05) is 45.3 Å². The molecule has 1 aromatic rings. The van der Waals surface area contributed by atoms with Crippen LogP contribution in [0.1, 0.15) is 31.4 Å². The fraction of sp³-hybridized carbons (Fsp3) is 0.625. The summed E-state index contributed by atoms with van der Waals surface area (Å²) in [6.45, 7) is 6.76. The molecule has 0 spiro atoms. The summed E-state index contributed by atoms with van der Waals surface area (Å²) in [5.74, 6) is 0. The second-order valence-electron chi connectivity index (χ2n) is 6.84. The highest BCUT2D eigenvalue weighted by molar-refractivity contribution is 7.54. The zero-order valence-electron chi connectivity index (χ0n) is 14.3. The molecule has 0 amide bonds. The second kappa shape index (κ2) is 6.36. The highest BCUT2D eigenvalue weighted by atomic mass is 31.2. The van der Waals surface area contributed by atoms with Crippen LogP contribution >= 0.6 is 7.67 Å². The number of anilines is 1. The summed E-state index contributed by atoms with van der Waals surface area (Å²) in [5, 5.41) is 11.4. The Morgan fingerprint density at radius 3 is 2.24 bits per heavy atom. The van der Waals surface area contributed by atoms with Gasteiger partial charge in [-0.05, 0) is 37.5 Å². The van der Waals surface area contributed by atoms with E-state index in [1.54, 1.807) is 12.1 Å². The van der Waals surface area contributed by atoms with Crippen molar-refractivity contribution in [3.63, 3.8) is 0 Å². The first-order valence-electron chi connectivity index (χ1n) is 8.81. The second-order valence-corrected chi connectivity index (χ2v) is 9.17. The van der Waals surface area contributed by atoms with E-state index in [2.05, 4.69) is 4.90 Å². The molecule has 0 aromatic heterocycles. The molecular weight excluding hydrogens is 343 g/mol. The fourth-order valence-electron chi connectivity index (χ4n) is 3.33. The lowest BCUT2D eigenvalue weighted by Crippen LogP contribution is -2.19. The minimum atomic E-state index is -2.91. The van der Waals surface area contributed by atoms with E-state index >= 15 is 0 Å². The van der Waals surface area contributed by atoms with Gasteiger partial charge in [-0.15, -0.1) is 0 Å². The predicted molar refractivity (Wildman–Crippen MR) is 94.8 cm³/mol. The quantitative estimate of drug-likeness (QED) is 0.318. The molecular formula is C16H23N4O4P. The van der Waals surface area contributed by atoms with Crippen molar-refractivity contribution in [3.8, 4) is 0 Å². The Balaban J connectivity index is 1.59. The molecule has 4 rings (SSSR count). The van der Waals surface area contributed by atoms with Gasteiger partial charge in [0.1, 0.15) is 5.69 Å². The molecule has 3 aliphatic heterocycles. The molecule has 1 atom stereocenters. The van der Waals surface area contributed by atoms with Gasteiger partial charge in [0.15, 0.2) is 0 Å². The minimum absolute atomic E-state index is 0.123. The average Bonchev–Trinajstić information content (AvgIpc) is 3.51. The predicted octanol–water partition coefficient (Wildman–Crippen LogP) is 3.01. The zero-order valence-corrected chi connectivity index (χ0v) is 15.2. The van der Waals surface area contributed by atoms with Crippen molar-refractivity contribution < 1.29 is 14.0 Å². The lowest BCUT2D eigenvalue weighted by atomic mass is 10.1. The van der Waals surface area contributed by atoms with Crippen LogP contribution in [0.4, 0.5) is 11.4 Å². The molecule has 3 saturated heterocycles. The molecule has 3 heterocycles. The number of rotatable bonds is 7. The molecule has 0 radical (unpaired) electrons. The maximum atomic E-state index is 13.1. The lowest BCUT2D eigenvalue weighted by molar-refractivity contribution is -0.384. The van der Waals surface area contributed by atoms with E-state index in [1.807, 2.05) is 22.3 Å². The van der Waals surface area contributed by atoms with E-state index in [0.717, 1.165) is 57.7 Å². The zero-order chi connectivity index (χ0) is 17.6. The van der Waals surface area contributed by atoms with Gasteiger partial charge >= 0.3 is 7.67 Å². The fourth-order valence-corrected chi connectivity index (χ4v) is 5.68. The van der Waals surface area contributed by atoms with E-state index in [0.29, 0.717) is 5.69 Å². The van der Waals surface area contributed by atoms with Crippen molar-refractivity contribution in [3.05, 3.63) is 33.9 Å². The number of nitro groups is 1. The summed E-state index contributed by atoms with van der Waals surface area (Å²) in [6, 6.07) is 5.10. The van der Waals surface area contributed by atoms with Crippen LogP contribution < -0.4 is 4.90 Å².